The summed E-state index contributed by atoms with van der Waals surface area (Å²) in [7, 11) is 0. The van der Waals surface area contributed by atoms with E-state index in [1.807, 2.05) is 18.2 Å². The maximum Gasteiger partial charge on any atom is 0.150 e. The summed E-state index contributed by atoms with van der Waals surface area (Å²) in [4.78, 5) is 10.0. The zero-order chi connectivity index (χ0) is 19.6. The van der Waals surface area contributed by atoms with Gasteiger partial charge in [0.2, 0.25) is 0 Å². The van der Waals surface area contributed by atoms with E-state index in [0.717, 1.165) is 24.7 Å². The molecule has 1 atom stereocenters. The van der Waals surface area contributed by atoms with Crippen molar-refractivity contribution < 1.29 is 4.79 Å². The molecule has 0 aliphatic heterocycles. The highest BCUT2D eigenvalue weighted by Crippen LogP contribution is 2.26. The molecule has 0 saturated carbocycles. The Morgan fingerprint density at radius 1 is 1.00 bits per heavy atom. The third kappa shape index (κ3) is 12.4. The molecule has 1 nitrogen and oxygen atoms in total. The first-order chi connectivity index (χ1) is 13.2. The minimum atomic E-state index is -0.0953. The molecule has 0 amide bonds. The van der Waals surface area contributed by atoms with Crippen LogP contribution in [-0.4, -0.2) is 10.6 Å². The summed E-state index contributed by atoms with van der Waals surface area (Å²) in [6.07, 6.45) is 22.3. The normalized spacial score (nSPS) is 17.4. The van der Waals surface area contributed by atoms with E-state index in [-0.39, 0.29) is 4.32 Å². The molecule has 0 fully saturated rings. The molecule has 27 heavy (non-hydrogen) atoms. The Hall–Kier alpha value is -1.59. The topological polar surface area (TPSA) is 17.1 Å². The lowest BCUT2D eigenvalue weighted by molar-refractivity contribution is 0.112. The van der Waals surface area contributed by atoms with Crippen molar-refractivity contribution in [3.05, 3.63) is 60.2 Å². The fraction of sp³-hybridized carbons (Fsp3) is 0.480. The van der Waals surface area contributed by atoms with E-state index >= 15 is 0 Å². The highest BCUT2D eigenvalue weighted by Gasteiger charge is 2.19. The van der Waals surface area contributed by atoms with Gasteiger partial charge in [-0.05, 0) is 12.8 Å². The van der Waals surface area contributed by atoms with Crippen LogP contribution >= 0.6 is 15.9 Å². The summed E-state index contributed by atoms with van der Waals surface area (Å²) < 4.78 is -0.0953. The number of hydrogen-bond donors (Lipinski definition) is 0. The molecule has 1 aromatic carbocycles. The first kappa shape index (κ1) is 23.4. The molecule has 0 bridgehead atoms. The van der Waals surface area contributed by atoms with Crippen LogP contribution in [0.25, 0.3) is 0 Å². The lowest BCUT2D eigenvalue weighted by Crippen LogP contribution is -2.14. The zero-order valence-electron chi connectivity index (χ0n) is 16.6. The Bertz CT molecular complexity index is 621. The van der Waals surface area contributed by atoms with E-state index < -0.39 is 0 Å². The van der Waals surface area contributed by atoms with Gasteiger partial charge in [0.15, 0.2) is 0 Å². The first-order valence-corrected chi connectivity index (χ1v) is 11.0. The van der Waals surface area contributed by atoms with Crippen molar-refractivity contribution in [1.29, 1.82) is 0 Å². The van der Waals surface area contributed by atoms with E-state index in [9.17, 15) is 4.79 Å². The molecule has 1 unspecified atom stereocenters. The molecule has 0 radical (unpaired) electrons. The summed E-state index contributed by atoms with van der Waals surface area (Å²) in [5.74, 6) is 6.67. The number of allylic oxidation sites excluding steroid dienone is 4. The van der Waals surface area contributed by atoms with Gasteiger partial charge in [-0.1, -0.05) is 128 Å². The molecule has 1 aliphatic carbocycles. The number of carbonyl (C=O) groups is 1. The van der Waals surface area contributed by atoms with Crippen molar-refractivity contribution in [1.82, 2.24) is 0 Å². The van der Waals surface area contributed by atoms with Crippen molar-refractivity contribution in [3.8, 4) is 11.8 Å². The van der Waals surface area contributed by atoms with Gasteiger partial charge in [-0.3, -0.25) is 4.79 Å². The van der Waals surface area contributed by atoms with Crippen LogP contribution in [0.3, 0.4) is 0 Å². The number of hydrogen-bond acceptors (Lipinski definition) is 1. The van der Waals surface area contributed by atoms with Crippen LogP contribution in [0.4, 0.5) is 0 Å². The van der Waals surface area contributed by atoms with Gasteiger partial charge < -0.3 is 0 Å². The van der Waals surface area contributed by atoms with Crippen LogP contribution < -0.4 is 0 Å². The smallest absolute Gasteiger partial charge is 0.150 e. The van der Waals surface area contributed by atoms with Gasteiger partial charge in [0.05, 0.1) is 0 Å². The van der Waals surface area contributed by atoms with Gasteiger partial charge in [0.25, 0.3) is 0 Å². The summed E-state index contributed by atoms with van der Waals surface area (Å²) in [5, 5.41) is 0. The van der Waals surface area contributed by atoms with Crippen molar-refractivity contribution in [2.24, 2.45) is 0 Å². The van der Waals surface area contributed by atoms with Crippen LogP contribution in [0, 0.1) is 11.8 Å². The number of halogens is 1. The predicted molar refractivity (Wildman–Crippen MR) is 121 cm³/mol. The number of unbranched alkanes of at least 4 members (excludes halogenated alkanes) is 8. The van der Waals surface area contributed by atoms with Gasteiger partial charge >= 0.3 is 0 Å². The maximum atomic E-state index is 10.0. The highest BCUT2D eigenvalue weighted by molar-refractivity contribution is 9.10. The minimum Gasteiger partial charge on any atom is -0.298 e. The van der Waals surface area contributed by atoms with Crippen LogP contribution in [0.2, 0.25) is 0 Å². The van der Waals surface area contributed by atoms with Crippen molar-refractivity contribution >= 4 is 22.2 Å². The molecule has 0 spiro atoms. The Kier molecular flexibility index (Phi) is 13.4. The van der Waals surface area contributed by atoms with Crippen LogP contribution in [0.1, 0.15) is 81.5 Å². The number of rotatable bonds is 9. The van der Waals surface area contributed by atoms with Gasteiger partial charge in [0, 0.05) is 12.0 Å². The molecule has 1 aromatic rings. The second kappa shape index (κ2) is 15.5. The predicted octanol–water partition coefficient (Wildman–Crippen LogP) is 7.67. The van der Waals surface area contributed by atoms with Crippen LogP contribution in [0.5, 0.6) is 0 Å². The SMILES string of the molecule is CCCCCCCCCCC#CC1(Br)C=CC=CC1.O=Cc1ccccc1. The maximum absolute atomic E-state index is 10.0. The third-order valence-corrected chi connectivity index (χ3v) is 5.20. The Morgan fingerprint density at radius 2 is 1.67 bits per heavy atom. The molecular weight excluding hydrogens is 396 g/mol. The zero-order valence-corrected chi connectivity index (χ0v) is 18.2. The second-order valence-electron chi connectivity index (χ2n) is 6.91. The molecule has 0 aromatic heterocycles. The standard InChI is InChI=1S/C18H27Br.C7H6O/c1-2-3-4-5-6-7-8-9-10-12-15-18(19)16-13-11-14-17-18;8-6-7-4-2-1-3-5-7/h11,13-14,16H,2-10,17H2,1H3;1-6H. The van der Waals surface area contributed by atoms with E-state index in [1.54, 1.807) is 12.1 Å². The third-order valence-electron chi connectivity index (χ3n) is 4.41. The van der Waals surface area contributed by atoms with E-state index in [4.69, 9.17) is 0 Å². The number of aldehydes is 1. The molecule has 2 heteroatoms. The summed E-state index contributed by atoms with van der Waals surface area (Å²) >= 11 is 3.70. The first-order valence-electron chi connectivity index (χ1n) is 10.2. The Balaban J connectivity index is 0.000000377. The van der Waals surface area contributed by atoms with Gasteiger partial charge in [-0.2, -0.15) is 0 Å². The molecule has 0 saturated heterocycles. The highest BCUT2D eigenvalue weighted by atomic mass is 79.9. The van der Waals surface area contributed by atoms with Crippen molar-refractivity contribution in [2.75, 3.05) is 0 Å². The van der Waals surface area contributed by atoms with E-state index in [2.05, 4.69) is 59.0 Å². The lowest BCUT2D eigenvalue weighted by atomic mass is 10.0. The molecular formula is C25H33BrO. The Morgan fingerprint density at radius 3 is 2.22 bits per heavy atom. The molecule has 146 valence electrons. The number of carbonyl (C=O) groups excluding carboxylic acids is 1. The number of alkyl halides is 1. The molecule has 2 rings (SSSR count). The van der Waals surface area contributed by atoms with Gasteiger partial charge in [-0.15, -0.1) is 5.92 Å². The fourth-order valence-corrected chi connectivity index (χ4v) is 3.25. The summed E-state index contributed by atoms with van der Waals surface area (Å²) in [6.45, 7) is 2.27. The summed E-state index contributed by atoms with van der Waals surface area (Å²) in [5.41, 5.74) is 0.729. The van der Waals surface area contributed by atoms with Crippen LogP contribution in [-0.2, 0) is 0 Å². The van der Waals surface area contributed by atoms with Gasteiger partial charge in [-0.25, -0.2) is 0 Å². The van der Waals surface area contributed by atoms with Crippen molar-refractivity contribution in [3.63, 3.8) is 0 Å². The Labute approximate surface area is 174 Å². The average Bonchev–Trinajstić information content (AvgIpc) is 2.71. The minimum absolute atomic E-state index is 0.0953. The average molecular weight is 429 g/mol. The van der Waals surface area contributed by atoms with Gasteiger partial charge in [0.1, 0.15) is 10.6 Å². The molecule has 0 heterocycles. The van der Waals surface area contributed by atoms with Crippen molar-refractivity contribution in [2.45, 2.75) is 75.5 Å². The summed E-state index contributed by atoms with van der Waals surface area (Å²) in [6, 6.07) is 9.10. The second-order valence-corrected chi connectivity index (χ2v) is 8.32. The van der Waals surface area contributed by atoms with E-state index in [1.165, 1.54) is 51.4 Å². The molecule has 1 aliphatic rings. The lowest BCUT2D eigenvalue weighted by Gasteiger charge is -2.16. The largest absolute Gasteiger partial charge is 0.298 e. The fourth-order valence-electron chi connectivity index (χ4n) is 2.78. The van der Waals surface area contributed by atoms with Crippen LogP contribution in [0.15, 0.2) is 54.6 Å². The van der Waals surface area contributed by atoms with E-state index in [0.29, 0.717) is 0 Å². The quantitative estimate of drug-likeness (QED) is 0.170. The monoisotopic (exact) mass is 428 g/mol. The number of benzene rings is 1. The molecule has 0 N–H and O–H groups in total.